The lowest BCUT2D eigenvalue weighted by Crippen LogP contribution is -2.09. The fraction of sp³-hybridized carbons (Fsp3) is 0.467. The van der Waals surface area contributed by atoms with Crippen LogP contribution < -0.4 is 0 Å². The molecular formula is C15H20O3. The second kappa shape index (κ2) is 8.45. The summed E-state index contributed by atoms with van der Waals surface area (Å²) in [6.07, 6.45) is 2.53. The van der Waals surface area contributed by atoms with Crippen molar-refractivity contribution in [3.05, 3.63) is 35.9 Å². The number of carbonyl (C=O) groups is 2. The van der Waals surface area contributed by atoms with E-state index in [1.807, 2.05) is 37.3 Å². The summed E-state index contributed by atoms with van der Waals surface area (Å²) in [5.41, 5.74) is 1.15. The Morgan fingerprint density at radius 3 is 2.44 bits per heavy atom. The Hall–Kier alpha value is -1.64. The molecule has 1 rings (SSSR count). The summed E-state index contributed by atoms with van der Waals surface area (Å²) in [7, 11) is 0. The Morgan fingerprint density at radius 2 is 1.78 bits per heavy atom. The minimum atomic E-state index is -0.273. The van der Waals surface area contributed by atoms with E-state index in [4.69, 9.17) is 4.74 Å². The molecule has 0 bridgehead atoms. The maximum absolute atomic E-state index is 11.6. The number of hydrogen-bond acceptors (Lipinski definition) is 3. The Morgan fingerprint density at radius 1 is 1.06 bits per heavy atom. The molecule has 0 spiro atoms. The summed E-state index contributed by atoms with van der Waals surface area (Å²) >= 11 is 0. The van der Waals surface area contributed by atoms with Crippen LogP contribution in [0.15, 0.2) is 30.3 Å². The average molecular weight is 248 g/mol. The summed E-state index contributed by atoms with van der Waals surface area (Å²) in [5.74, 6) is -0.155. The first-order valence-electron chi connectivity index (χ1n) is 6.43. The van der Waals surface area contributed by atoms with Gasteiger partial charge in [-0.25, -0.2) is 0 Å². The minimum absolute atomic E-state index is 0.118. The number of benzene rings is 1. The van der Waals surface area contributed by atoms with E-state index >= 15 is 0 Å². The zero-order valence-electron chi connectivity index (χ0n) is 10.9. The van der Waals surface area contributed by atoms with Gasteiger partial charge in [0.25, 0.3) is 0 Å². The lowest BCUT2D eigenvalue weighted by molar-refractivity contribution is -0.144. The predicted octanol–water partition coefficient (Wildman–Crippen LogP) is 2.92. The van der Waals surface area contributed by atoms with Gasteiger partial charge in [0.05, 0.1) is 13.0 Å². The molecule has 1 aromatic carbocycles. The van der Waals surface area contributed by atoms with Crippen molar-refractivity contribution in [2.75, 3.05) is 6.61 Å². The number of esters is 1. The monoisotopic (exact) mass is 248 g/mol. The molecule has 0 unspecified atom stereocenters. The molecule has 0 aliphatic rings. The minimum Gasteiger partial charge on any atom is -0.466 e. The maximum Gasteiger partial charge on any atom is 0.306 e. The van der Waals surface area contributed by atoms with E-state index in [0.29, 0.717) is 13.0 Å². The predicted molar refractivity (Wildman–Crippen MR) is 70.3 cm³/mol. The molecule has 3 heteroatoms. The van der Waals surface area contributed by atoms with E-state index in [1.165, 1.54) is 0 Å². The van der Waals surface area contributed by atoms with E-state index in [2.05, 4.69) is 0 Å². The van der Waals surface area contributed by atoms with Crippen molar-refractivity contribution >= 4 is 11.8 Å². The van der Waals surface area contributed by atoms with Crippen molar-refractivity contribution in [3.63, 3.8) is 0 Å². The number of ketones is 1. The van der Waals surface area contributed by atoms with Crippen LogP contribution in [0, 0.1) is 0 Å². The maximum atomic E-state index is 11.6. The number of ether oxygens (including phenoxy) is 1. The molecule has 0 N–H and O–H groups in total. The van der Waals surface area contributed by atoms with Crippen LogP contribution in [0.3, 0.4) is 0 Å². The first kappa shape index (κ1) is 14.4. The van der Waals surface area contributed by atoms with Gasteiger partial charge < -0.3 is 4.74 Å². The van der Waals surface area contributed by atoms with Gasteiger partial charge in [-0.05, 0) is 18.4 Å². The van der Waals surface area contributed by atoms with Gasteiger partial charge in [-0.1, -0.05) is 37.3 Å². The van der Waals surface area contributed by atoms with Crippen LogP contribution in [0.2, 0.25) is 0 Å². The van der Waals surface area contributed by atoms with Crippen LogP contribution in [0.25, 0.3) is 0 Å². The average Bonchev–Trinajstić information content (AvgIpc) is 2.41. The molecule has 0 aromatic heterocycles. The van der Waals surface area contributed by atoms with Crippen molar-refractivity contribution < 1.29 is 14.3 Å². The largest absolute Gasteiger partial charge is 0.466 e. The summed E-state index contributed by atoms with van der Waals surface area (Å²) in [6.45, 7) is 2.38. The highest BCUT2D eigenvalue weighted by Gasteiger charge is 2.07. The molecule has 0 aliphatic carbocycles. The van der Waals surface area contributed by atoms with E-state index in [1.54, 1.807) is 0 Å². The van der Waals surface area contributed by atoms with Gasteiger partial charge in [-0.2, -0.15) is 0 Å². The fourth-order valence-corrected chi connectivity index (χ4v) is 1.58. The third kappa shape index (κ3) is 6.18. The van der Waals surface area contributed by atoms with Crippen LogP contribution in [0.1, 0.15) is 38.2 Å². The van der Waals surface area contributed by atoms with Gasteiger partial charge in [-0.15, -0.1) is 0 Å². The second-order valence-corrected chi connectivity index (χ2v) is 4.24. The molecule has 0 radical (unpaired) electrons. The Balaban J connectivity index is 2.16. The third-order valence-electron chi connectivity index (χ3n) is 2.61. The summed E-state index contributed by atoms with van der Waals surface area (Å²) in [6, 6.07) is 9.88. The molecule has 0 heterocycles. The molecule has 0 atom stereocenters. The van der Waals surface area contributed by atoms with Gasteiger partial charge in [0.1, 0.15) is 5.78 Å². The molecule has 98 valence electrons. The quantitative estimate of drug-likeness (QED) is 0.664. The van der Waals surface area contributed by atoms with Gasteiger partial charge in [0.2, 0.25) is 0 Å². The number of Topliss-reactive ketones (excluding diaryl/α,β-unsaturated/α-hetero) is 1. The van der Waals surface area contributed by atoms with Crippen molar-refractivity contribution in [3.8, 4) is 0 Å². The van der Waals surface area contributed by atoms with E-state index in [0.717, 1.165) is 18.4 Å². The van der Waals surface area contributed by atoms with Gasteiger partial charge in [0, 0.05) is 12.8 Å². The van der Waals surface area contributed by atoms with Gasteiger partial charge >= 0.3 is 5.97 Å². The lowest BCUT2D eigenvalue weighted by atomic mass is 10.1. The standard InChI is InChI=1S/C15H20O3/c1-2-12-18-15(17)11-10-14(16)9-8-13-6-4-3-5-7-13/h3-7H,2,8-12H2,1H3. The highest BCUT2D eigenvalue weighted by Crippen LogP contribution is 2.05. The highest BCUT2D eigenvalue weighted by atomic mass is 16.5. The van der Waals surface area contributed by atoms with E-state index < -0.39 is 0 Å². The smallest absolute Gasteiger partial charge is 0.306 e. The van der Waals surface area contributed by atoms with E-state index in [9.17, 15) is 9.59 Å². The Bertz CT molecular complexity index is 371. The normalized spacial score (nSPS) is 10.1. The van der Waals surface area contributed by atoms with Crippen LogP contribution in [0.4, 0.5) is 0 Å². The summed E-state index contributed by atoms with van der Waals surface area (Å²) < 4.78 is 4.91. The second-order valence-electron chi connectivity index (χ2n) is 4.24. The Kier molecular flexibility index (Phi) is 6.77. The highest BCUT2D eigenvalue weighted by molar-refractivity contribution is 5.83. The summed E-state index contributed by atoms with van der Waals surface area (Å²) in [5, 5.41) is 0. The number of rotatable bonds is 8. The Labute approximate surface area is 108 Å². The van der Waals surface area contributed by atoms with E-state index in [-0.39, 0.29) is 24.6 Å². The lowest BCUT2D eigenvalue weighted by Gasteiger charge is -2.03. The molecule has 0 fully saturated rings. The molecule has 1 aromatic rings. The number of hydrogen-bond donors (Lipinski definition) is 0. The van der Waals surface area contributed by atoms with Crippen molar-refractivity contribution in [2.45, 2.75) is 39.0 Å². The first-order chi connectivity index (χ1) is 8.72. The number of aryl methyl sites for hydroxylation is 1. The van der Waals surface area contributed by atoms with Crippen molar-refractivity contribution in [1.29, 1.82) is 0 Å². The van der Waals surface area contributed by atoms with Gasteiger partial charge in [-0.3, -0.25) is 9.59 Å². The SMILES string of the molecule is CCCOC(=O)CCC(=O)CCc1ccccc1. The zero-order valence-corrected chi connectivity index (χ0v) is 10.9. The van der Waals surface area contributed by atoms with Crippen LogP contribution in [0.5, 0.6) is 0 Å². The molecule has 0 amide bonds. The van der Waals surface area contributed by atoms with Crippen LogP contribution in [-0.2, 0) is 20.7 Å². The zero-order chi connectivity index (χ0) is 13.2. The van der Waals surface area contributed by atoms with Gasteiger partial charge in [0.15, 0.2) is 0 Å². The molecule has 3 nitrogen and oxygen atoms in total. The topological polar surface area (TPSA) is 43.4 Å². The molecule has 18 heavy (non-hydrogen) atoms. The van der Waals surface area contributed by atoms with Crippen molar-refractivity contribution in [2.24, 2.45) is 0 Å². The molecule has 0 saturated heterocycles. The van der Waals surface area contributed by atoms with Crippen LogP contribution in [-0.4, -0.2) is 18.4 Å². The summed E-state index contributed by atoms with van der Waals surface area (Å²) in [4.78, 5) is 22.8. The van der Waals surface area contributed by atoms with Crippen molar-refractivity contribution in [1.82, 2.24) is 0 Å². The third-order valence-corrected chi connectivity index (χ3v) is 2.61. The number of carbonyl (C=O) groups excluding carboxylic acids is 2. The molecule has 0 aliphatic heterocycles. The molecular weight excluding hydrogens is 228 g/mol. The fourth-order valence-electron chi connectivity index (χ4n) is 1.58. The van der Waals surface area contributed by atoms with Crippen LogP contribution >= 0.6 is 0 Å². The molecule has 0 saturated carbocycles. The first-order valence-corrected chi connectivity index (χ1v) is 6.43.